The Morgan fingerprint density at radius 2 is 2.39 bits per heavy atom. The number of hydrogen-bond acceptors (Lipinski definition) is 4. The zero-order valence-electron chi connectivity index (χ0n) is 11.3. The van der Waals surface area contributed by atoms with Gasteiger partial charge in [0.2, 0.25) is 5.91 Å². The minimum Gasteiger partial charge on any atom is -0.374 e. The molecule has 0 aromatic rings. The fourth-order valence-electron chi connectivity index (χ4n) is 2.60. The van der Waals surface area contributed by atoms with Crippen molar-refractivity contribution in [3.63, 3.8) is 0 Å². The van der Waals surface area contributed by atoms with Gasteiger partial charge in [-0.05, 0) is 25.9 Å². The summed E-state index contributed by atoms with van der Waals surface area (Å²) in [4.78, 5) is 14.3. The standard InChI is InChI=1S/C13H25N3O2/c1-2-16-7-8-18-11(10-16)9-15-13(17)12-5-3-4-6-14-12/h11-12,14H,2-10H2,1H3,(H,15,17)/t11?,12-/m1/s1. The Labute approximate surface area is 109 Å². The van der Waals surface area contributed by atoms with E-state index < -0.39 is 0 Å². The van der Waals surface area contributed by atoms with E-state index in [4.69, 9.17) is 4.74 Å². The summed E-state index contributed by atoms with van der Waals surface area (Å²) in [7, 11) is 0. The van der Waals surface area contributed by atoms with Gasteiger partial charge in [-0.15, -0.1) is 0 Å². The average molecular weight is 255 g/mol. The lowest BCUT2D eigenvalue weighted by Crippen LogP contribution is -2.51. The summed E-state index contributed by atoms with van der Waals surface area (Å²) >= 11 is 0. The maximum atomic E-state index is 11.9. The van der Waals surface area contributed by atoms with E-state index in [9.17, 15) is 4.79 Å². The van der Waals surface area contributed by atoms with Crippen molar-refractivity contribution in [1.29, 1.82) is 0 Å². The molecule has 0 radical (unpaired) electrons. The number of piperidine rings is 1. The lowest BCUT2D eigenvalue weighted by atomic mass is 10.0. The van der Waals surface area contributed by atoms with Crippen molar-refractivity contribution in [3.8, 4) is 0 Å². The molecule has 2 atom stereocenters. The van der Waals surface area contributed by atoms with Gasteiger partial charge in [-0.1, -0.05) is 13.3 Å². The molecule has 1 amide bonds. The van der Waals surface area contributed by atoms with E-state index in [-0.39, 0.29) is 18.1 Å². The molecular formula is C13H25N3O2. The molecular weight excluding hydrogens is 230 g/mol. The molecule has 0 saturated carbocycles. The topological polar surface area (TPSA) is 53.6 Å². The van der Waals surface area contributed by atoms with Crippen molar-refractivity contribution in [2.45, 2.75) is 38.3 Å². The zero-order valence-corrected chi connectivity index (χ0v) is 11.3. The third-order valence-corrected chi connectivity index (χ3v) is 3.80. The van der Waals surface area contributed by atoms with Crippen molar-refractivity contribution >= 4 is 5.91 Å². The maximum Gasteiger partial charge on any atom is 0.237 e. The normalized spacial score (nSPS) is 30.1. The van der Waals surface area contributed by atoms with E-state index >= 15 is 0 Å². The van der Waals surface area contributed by atoms with Gasteiger partial charge in [0.25, 0.3) is 0 Å². The summed E-state index contributed by atoms with van der Waals surface area (Å²) < 4.78 is 5.67. The van der Waals surface area contributed by atoms with Gasteiger partial charge in [0.15, 0.2) is 0 Å². The number of nitrogens with zero attached hydrogens (tertiary/aromatic N) is 1. The summed E-state index contributed by atoms with van der Waals surface area (Å²) in [5.41, 5.74) is 0. The number of nitrogens with one attached hydrogen (secondary N) is 2. The molecule has 1 unspecified atom stereocenters. The van der Waals surface area contributed by atoms with E-state index in [2.05, 4.69) is 22.5 Å². The first kappa shape index (κ1) is 13.8. The monoisotopic (exact) mass is 255 g/mol. The van der Waals surface area contributed by atoms with E-state index in [1.54, 1.807) is 0 Å². The number of morpholine rings is 1. The SMILES string of the molecule is CCN1CCOC(CNC(=O)[C@H]2CCCCN2)C1. The molecule has 5 heteroatoms. The van der Waals surface area contributed by atoms with E-state index in [0.29, 0.717) is 6.54 Å². The van der Waals surface area contributed by atoms with Crippen LogP contribution in [0, 0.1) is 0 Å². The molecule has 2 fully saturated rings. The van der Waals surface area contributed by atoms with Crippen LogP contribution < -0.4 is 10.6 Å². The van der Waals surface area contributed by atoms with Gasteiger partial charge in [0, 0.05) is 19.6 Å². The zero-order chi connectivity index (χ0) is 12.8. The minimum absolute atomic E-state index is 0.00428. The van der Waals surface area contributed by atoms with Gasteiger partial charge in [0.1, 0.15) is 0 Å². The van der Waals surface area contributed by atoms with Crippen molar-refractivity contribution in [2.24, 2.45) is 0 Å². The fraction of sp³-hybridized carbons (Fsp3) is 0.923. The van der Waals surface area contributed by atoms with Crippen molar-refractivity contribution < 1.29 is 9.53 Å². The van der Waals surface area contributed by atoms with Gasteiger partial charge in [-0.3, -0.25) is 9.69 Å². The van der Waals surface area contributed by atoms with Crippen LogP contribution in [0.25, 0.3) is 0 Å². The van der Waals surface area contributed by atoms with Gasteiger partial charge >= 0.3 is 0 Å². The third-order valence-electron chi connectivity index (χ3n) is 3.80. The Kier molecular flexibility index (Phi) is 5.41. The van der Waals surface area contributed by atoms with E-state index in [0.717, 1.165) is 45.6 Å². The summed E-state index contributed by atoms with van der Waals surface area (Å²) in [6, 6.07) is 0.00428. The number of hydrogen-bond donors (Lipinski definition) is 2. The number of likely N-dealkylation sites (N-methyl/N-ethyl adjacent to an activating group) is 1. The Morgan fingerprint density at radius 3 is 3.11 bits per heavy atom. The maximum absolute atomic E-state index is 11.9. The first-order valence-electron chi connectivity index (χ1n) is 7.14. The number of rotatable bonds is 4. The van der Waals surface area contributed by atoms with Crippen molar-refractivity contribution in [2.75, 3.05) is 39.3 Å². The van der Waals surface area contributed by atoms with Gasteiger partial charge in [-0.25, -0.2) is 0 Å². The van der Waals surface area contributed by atoms with Crippen LogP contribution in [0.3, 0.4) is 0 Å². The average Bonchev–Trinajstić information content (AvgIpc) is 2.46. The van der Waals surface area contributed by atoms with Crippen LogP contribution >= 0.6 is 0 Å². The quantitative estimate of drug-likeness (QED) is 0.740. The molecule has 104 valence electrons. The van der Waals surface area contributed by atoms with E-state index in [1.165, 1.54) is 6.42 Å². The van der Waals surface area contributed by atoms with Crippen LogP contribution in [0.2, 0.25) is 0 Å². The summed E-state index contributed by atoms with van der Waals surface area (Å²) in [6.07, 6.45) is 3.43. The van der Waals surface area contributed by atoms with Crippen LogP contribution in [0.1, 0.15) is 26.2 Å². The molecule has 0 spiro atoms. The molecule has 2 N–H and O–H groups in total. The minimum atomic E-state index is 0.00428. The number of amides is 1. The molecule has 2 aliphatic rings. The third kappa shape index (κ3) is 3.93. The largest absolute Gasteiger partial charge is 0.374 e. The number of carbonyl (C=O) groups is 1. The second-order valence-corrected chi connectivity index (χ2v) is 5.13. The molecule has 0 bridgehead atoms. The number of ether oxygens (including phenoxy) is 1. The molecule has 2 heterocycles. The molecule has 2 aliphatic heterocycles. The molecule has 0 aliphatic carbocycles. The van der Waals surface area contributed by atoms with E-state index in [1.807, 2.05) is 0 Å². The first-order chi connectivity index (χ1) is 8.79. The highest BCUT2D eigenvalue weighted by Gasteiger charge is 2.23. The van der Waals surface area contributed by atoms with Crippen molar-refractivity contribution in [1.82, 2.24) is 15.5 Å². The first-order valence-corrected chi connectivity index (χ1v) is 7.14. The van der Waals surface area contributed by atoms with Crippen LogP contribution in [-0.2, 0) is 9.53 Å². The highest BCUT2D eigenvalue weighted by molar-refractivity contribution is 5.81. The highest BCUT2D eigenvalue weighted by Crippen LogP contribution is 2.07. The Bertz CT molecular complexity index is 267. The molecule has 2 saturated heterocycles. The predicted octanol–water partition coefficient (Wildman–Crippen LogP) is -0.0346. The van der Waals surface area contributed by atoms with Crippen LogP contribution in [0.5, 0.6) is 0 Å². The van der Waals surface area contributed by atoms with Crippen LogP contribution in [-0.4, -0.2) is 62.3 Å². The Morgan fingerprint density at radius 1 is 1.50 bits per heavy atom. The van der Waals surface area contributed by atoms with Crippen LogP contribution in [0.4, 0.5) is 0 Å². The smallest absolute Gasteiger partial charge is 0.237 e. The van der Waals surface area contributed by atoms with Crippen molar-refractivity contribution in [3.05, 3.63) is 0 Å². The molecule has 0 aromatic heterocycles. The Hall–Kier alpha value is -0.650. The number of carbonyl (C=O) groups excluding carboxylic acids is 1. The molecule has 18 heavy (non-hydrogen) atoms. The molecule has 5 nitrogen and oxygen atoms in total. The van der Waals surface area contributed by atoms with Gasteiger partial charge in [-0.2, -0.15) is 0 Å². The summed E-state index contributed by atoms with van der Waals surface area (Å²) in [5.74, 6) is 0.131. The lowest BCUT2D eigenvalue weighted by molar-refractivity contribution is -0.124. The van der Waals surface area contributed by atoms with Crippen LogP contribution in [0.15, 0.2) is 0 Å². The lowest BCUT2D eigenvalue weighted by Gasteiger charge is -2.32. The summed E-state index contributed by atoms with van der Waals surface area (Å²) in [6.45, 7) is 7.51. The summed E-state index contributed by atoms with van der Waals surface area (Å²) in [5, 5.41) is 6.28. The Balaban J connectivity index is 1.68. The second kappa shape index (κ2) is 7.07. The molecule has 0 aromatic carbocycles. The molecule has 2 rings (SSSR count). The van der Waals surface area contributed by atoms with Gasteiger partial charge < -0.3 is 15.4 Å². The second-order valence-electron chi connectivity index (χ2n) is 5.13. The van der Waals surface area contributed by atoms with Gasteiger partial charge in [0.05, 0.1) is 18.8 Å². The highest BCUT2D eigenvalue weighted by atomic mass is 16.5. The fourth-order valence-corrected chi connectivity index (χ4v) is 2.60. The predicted molar refractivity (Wildman–Crippen MR) is 70.5 cm³/mol.